The largest absolute Gasteiger partial charge is 0.452 e. The van der Waals surface area contributed by atoms with Crippen LogP contribution in [-0.4, -0.2) is 33.9 Å². The molecule has 0 bridgehead atoms. The van der Waals surface area contributed by atoms with Gasteiger partial charge in [0.2, 0.25) is 0 Å². The highest BCUT2D eigenvalue weighted by atomic mass is 32.2. The van der Waals surface area contributed by atoms with E-state index in [0.717, 1.165) is 17.0 Å². The molecule has 1 amide bonds. The summed E-state index contributed by atoms with van der Waals surface area (Å²) in [4.78, 5) is 22.4. The minimum Gasteiger partial charge on any atom is -0.452 e. The fourth-order valence-corrected chi connectivity index (χ4v) is 3.22. The van der Waals surface area contributed by atoms with Gasteiger partial charge in [0.05, 0.1) is 12.8 Å². The first kappa shape index (κ1) is 14.3. The Morgan fingerprint density at radius 2 is 2.05 bits per heavy atom. The molecule has 0 radical (unpaired) electrons. The molecule has 1 N–H and O–H groups in total. The fraction of sp³-hybridized carbons (Fsp3) is 0.333. The zero-order valence-corrected chi connectivity index (χ0v) is 11.9. The molecule has 1 heterocycles. The van der Waals surface area contributed by atoms with Crippen LogP contribution in [-0.2, 0) is 21.4 Å². The number of benzene rings is 1. The number of nitrogens with one attached hydrogen (secondary N) is 1. The number of rotatable bonds is 3. The lowest BCUT2D eigenvalue weighted by atomic mass is 10.1. The van der Waals surface area contributed by atoms with E-state index in [-0.39, 0.29) is 12.3 Å². The summed E-state index contributed by atoms with van der Waals surface area (Å²) >= 11 is 0. The molecular weight excluding hydrogens is 284 g/mol. The lowest BCUT2D eigenvalue weighted by Crippen LogP contribution is -2.42. The monoisotopic (exact) mass is 298 g/mol. The van der Waals surface area contributed by atoms with E-state index in [9.17, 15) is 18.0 Å². The van der Waals surface area contributed by atoms with Gasteiger partial charge in [0.25, 0.3) is 0 Å². The molecule has 0 saturated heterocycles. The molecule has 2 rings (SSSR count). The van der Waals surface area contributed by atoms with Crippen molar-refractivity contribution in [3.63, 3.8) is 0 Å². The number of hydrogen-bond donors (Lipinski definition) is 1. The first-order valence-corrected chi connectivity index (χ1v) is 7.31. The Morgan fingerprint density at radius 3 is 2.65 bits per heavy atom. The molecule has 0 atom stereocenters. The fourth-order valence-electron chi connectivity index (χ4n) is 2.04. The van der Waals surface area contributed by atoms with Gasteiger partial charge in [-0.15, -0.1) is 0 Å². The summed E-state index contributed by atoms with van der Waals surface area (Å²) in [6.45, 7) is 1.66. The number of ketones is 1. The SMILES string of the molecule is COC(=O)NS(=O)(=O)N1CCc2cc(C(C)=O)ccc21. The van der Waals surface area contributed by atoms with Gasteiger partial charge in [-0.2, -0.15) is 8.42 Å². The van der Waals surface area contributed by atoms with Crippen LogP contribution in [0.5, 0.6) is 0 Å². The molecule has 108 valence electrons. The molecule has 7 nitrogen and oxygen atoms in total. The lowest BCUT2D eigenvalue weighted by Gasteiger charge is -2.19. The Kier molecular flexibility index (Phi) is 3.67. The molecule has 0 aliphatic carbocycles. The van der Waals surface area contributed by atoms with Gasteiger partial charge in [-0.1, -0.05) is 0 Å². The van der Waals surface area contributed by atoms with Crippen LogP contribution in [0.3, 0.4) is 0 Å². The average molecular weight is 298 g/mol. The Labute approximate surface area is 116 Å². The third-order valence-corrected chi connectivity index (χ3v) is 4.41. The zero-order valence-electron chi connectivity index (χ0n) is 11.0. The Morgan fingerprint density at radius 1 is 1.35 bits per heavy atom. The molecule has 8 heteroatoms. The predicted molar refractivity (Wildman–Crippen MR) is 72.0 cm³/mol. The van der Waals surface area contributed by atoms with E-state index in [2.05, 4.69) is 4.74 Å². The average Bonchev–Trinajstić information content (AvgIpc) is 2.81. The highest BCUT2D eigenvalue weighted by Crippen LogP contribution is 2.30. The Hall–Kier alpha value is -2.09. The molecule has 1 aliphatic heterocycles. The van der Waals surface area contributed by atoms with Crippen molar-refractivity contribution in [1.29, 1.82) is 0 Å². The van der Waals surface area contributed by atoms with E-state index in [1.54, 1.807) is 22.9 Å². The minimum absolute atomic E-state index is 0.0817. The van der Waals surface area contributed by atoms with Gasteiger partial charge in [0, 0.05) is 12.1 Å². The number of nitrogens with zero attached hydrogens (tertiary/aromatic N) is 1. The summed E-state index contributed by atoms with van der Waals surface area (Å²) in [6.07, 6.45) is -0.558. The molecule has 1 aliphatic rings. The van der Waals surface area contributed by atoms with Crippen LogP contribution >= 0.6 is 0 Å². The van der Waals surface area contributed by atoms with Crippen molar-refractivity contribution < 1.29 is 22.7 Å². The van der Waals surface area contributed by atoms with Crippen molar-refractivity contribution >= 4 is 27.8 Å². The number of hydrogen-bond acceptors (Lipinski definition) is 5. The number of methoxy groups -OCH3 is 1. The van der Waals surface area contributed by atoms with Gasteiger partial charge < -0.3 is 4.74 Å². The summed E-state index contributed by atoms with van der Waals surface area (Å²) < 4.78 is 31.2. The van der Waals surface area contributed by atoms with Crippen molar-refractivity contribution in [2.75, 3.05) is 18.0 Å². The van der Waals surface area contributed by atoms with Crippen LogP contribution in [0.15, 0.2) is 18.2 Å². The Balaban J connectivity index is 2.32. The maximum absolute atomic E-state index is 12.0. The summed E-state index contributed by atoms with van der Waals surface area (Å²) in [5, 5.41) is 0. The number of carbonyl (C=O) groups excluding carboxylic acids is 2. The second-order valence-corrected chi connectivity index (χ2v) is 5.92. The van der Waals surface area contributed by atoms with Gasteiger partial charge >= 0.3 is 16.3 Å². The van der Waals surface area contributed by atoms with Crippen molar-refractivity contribution in [2.45, 2.75) is 13.3 Å². The quantitative estimate of drug-likeness (QED) is 0.835. The molecular formula is C12H14N2O5S. The number of fused-ring (bicyclic) bond motifs is 1. The molecule has 0 unspecified atom stereocenters. The third-order valence-electron chi connectivity index (χ3n) is 3.03. The van der Waals surface area contributed by atoms with Gasteiger partial charge in [-0.25, -0.2) is 9.52 Å². The van der Waals surface area contributed by atoms with Gasteiger partial charge in [-0.05, 0) is 37.1 Å². The normalized spacial score (nSPS) is 13.8. The number of carbonyl (C=O) groups is 2. The maximum Gasteiger partial charge on any atom is 0.422 e. The highest BCUT2D eigenvalue weighted by molar-refractivity contribution is 7.91. The summed E-state index contributed by atoms with van der Waals surface area (Å²) in [6, 6.07) is 4.80. The standard InChI is InChI=1S/C12H14N2O5S/c1-8(15)9-3-4-11-10(7-9)5-6-14(11)20(17,18)13-12(16)19-2/h3-4,7H,5-6H2,1-2H3,(H,13,16). The van der Waals surface area contributed by atoms with Gasteiger partial charge in [0.1, 0.15) is 0 Å². The second-order valence-electron chi connectivity index (χ2n) is 4.32. The second kappa shape index (κ2) is 5.12. The van der Waals surface area contributed by atoms with Crippen molar-refractivity contribution in [1.82, 2.24) is 4.72 Å². The maximum atomic E-state index is 12.0. The van der Waals surface area contributed by atoms with E-state index in [1.807, 2.05) is 0 Å². The summed E-state index contributed by atoms with van der Waals surface area (Å²) in [5.41, 5.74) is 1.75. The molecule has 1 aromatic carbocycles. The van der Waals surface area contributed by atoms with Crippen LogP contribution in [0.1, 0.15) is 22.8 Å². The van der Waals surface area contributed by atoms with Crippen LogP contribution < -0.4 is 9.03 Å². The molecule has 20 heavy (non-hydrogen) atoms. The number of ether oxygens (including phenoxy) is 1. The molecule has 0 aromatic heterocycles. The van der Waals surface area contributed by atoms with E-state index in [4.69, 9.17) is 0 Å². The van der Waals surface area contributed by atoms with Crippen LogP contribution in [0.2, 0.25) is 0 Å². The van der Waals surface area contributed by atoms with Crippen molar-refractivity contribution in [3.05, 3.63) is 29.3 Å². The van der Waals surface area contributed by atoms with Crippen LogP contribution in [0.4, 0.5) is 10.5 Å². The summed E-state index contributed by atoms with van der Waals surface area (Å²) in [7, 11) is -2.91. The van der Waals surface area contributed by atoms with E-state index in [0.29, 0.717) is 17.7 Å². The molecule has 0 fully saturated rings. The summed E-state index contributed by atoms with van der Waals surface area (Å²) in [5.74, 6) is -0.0817. The molecule has 1 aromatic rings. The van der Waals surface area contributed by atoms with E-state index < -0.39 is 16.3 Å². The number of anilines is 1. The third kappa shape index (κ3) is 2.60. The first-order valence-electron chi connectivity index (χ1n) is 5.87. The lowest BCUT2D eigenvalue weighted by molar-refractivity contribution is 0.101. The van der Waals surface area contributed by atoms with Crippen molar-refractivity contribution in [3.8, 4) is 0 Å². The Bertz CT molecular complexity index is 668. The van der Waals surface area contributed by atoms with Crippen LogP contribution in [0, 0.1) is 0 Å². The topological polar surface area (TPSA) is 92.8 Å². The van der Waals surface area contributed by atoms with E-state index >= 15 is 0 Å². The van der Waals surface area contributed by atoms with Crippen LogP contribution in [0.25, 0.3) is 0 Å². The number of amides is 1. The molecule has 0 saturated carbocycles. The van der Waals surface area contributed by atoms with Gasteiger partial charge in [0.15, 0.2) is 5.78 Å². The predicted octanol–water partition coefficient (Wildman–Crippen LogP) is 0.853. The highest BCUT2D eigenvalue weighted by Gasteiger charge is 2.31. The van der Waals surface area contributed by atoms with E-state index in [1.165, 1.54) is 6.92 Å². The minimum atomic E-state index is -3.99. The smallest absolute Gasteiger partial charge is 0.422 e. The van der Waals surface area contributed by atoms with Crippen molar-refractivity contribution in [2.24, 2.45) is 0 Å². The first-order chi connectivity index (χ1) is 9.35. The number of Topliss-reactive ketones (excluding diaryl/α,β-unsaturated/α-hetero) is 1. The zero-order chi connectivity index (χ0) is 14.9. The van der Waals surface area contributed by atoms with Gasteiger partial charge in [-0.3, -0.25) is 9.10 Å². The molecule has 0 spiro atoms.